The standard InChI is InChI=1S/C15H24O2/c1-10-12-9-11(14(2,3)17)5-7-15(12,4)8-6-13(10)16/h11,17H,5-9H2,1-4H3/t11-,15+/m1/s1. The van der Waals surface area contributed by atoms with Crippen LogP contribution in [0.3, 0.4) is 0 Å². The molecule has 2 aliphatic carbocycles. The van der Waals surface area contributed by atoms with Gasteiger partial charge in [-0.3, -0.25) is 4.79 Å². The number of hydrogen-bond donors (Lipinski definition) is 1. The predicted molar refractivity (Wildman–Crippen MR) is 68.7 cm³/mol. The van der Waals surface area contributed by atoms with Crippen molar-refractivity contribution in [1.82, 2.24) is 0 Å². The van der Waals surface area contributed by atoms with E-state index in [9.17, 15) is 9.90 Å². The highest BCUT2D eigenvalue weighted by atomic mass is 16.3. The molecule has 0 radical (unpaired) electrons. The summed E-state index contributed by atoms with van der Waals surface area (Å²) >= 11 is 0. The maximum absolute atomic E-state index is 11.8. The van der Waals surface area contributed by atoms with Gasteiger partial charge in [0.1, 0.15) is 0 Å². The Morgan fingerprint density at radius 1 is 1.35 bits per heavy atom. The first kappa shape index (κ1) is 12.8. The average molecular weight is 236 g/mol. The molecule has 0 aromatic carbocycles. The molecule has 0 aromatic rings. The fourth-order valence-corrected chi connectivity index (χ4v) is 3.47. The van der Waals surface area contributed by atoms with Crippen molar-refractivity contribution in [2.45, 2.75) is 65.4 Å². The van der Waals surface area contributed by atoms with Crippen LogP contribution in [0, 0.1) is 11.3 Å². The molecule has 0 heterocycles. The summed E-state index contributed by atoms with van der Waals surface area (Å²) < 4.78 is 0. The van der Waals surface area contributed by atoms with E-state index >= 15 is 0 Å². The van der Waals surface area contributed by atoms with E-state index in [0.29, 0.717) is 18.1 Å². The van der Waals surface area contributed by atoms with E-state index in [1.54, 1.807) is 0 Å². The van der Waals surface area contributed by atoms with Crippen molar-refractivity contribution >= 4 is 5.78 Å². The number of aliphatic hydroxyl groups is 1. The Kier molecular flexibility index (Phi) is 2.97. The molecule has 0 unspecified atom stereocenters. The molecule has 2 rings (SSSR count). The van der Waals surface area contributed by atoms with Gasteiger partial charge in [0.2, 0.25) is 0 Å². The highest BCUT2D eigenvalue weighted by Crippen LogP contribution is 2.51. The molecule has 0 saturated heterocycles. The lowest BCUT2D eigenvalue weighted by Gasteiger charge is -2.46. The molecule has 2 aliphatic rings. The maximum atomic E-state index is 11.8. The molecule has 2 heteroatoms. The molecule has 17 heavy (non-hydrogen) atoms. The minimum absolute atomic E-state index is 0.222. The second kappa shape index (κ2) is 3.94. The molecule has 0 aromatic heterocycles. The Balaban J connectivity index is 2.33. The predicted octanol–water partition coefficient (Wildman–Crippen LogP) is 3.24. The van der Waals surface area contributed by atoms with E-state index in [-0.39, 0.29) is 5.41 Å². The van der Waals surface area contributed by atoms with Crippen LogP contribution < -0.4 is 0 Å². The van der Waals surface area contributed by atoms with Gasteiger partial charge in [-0.1, -0.05) is 12.5 Å². The van der Waals surface area contributed by atoms with Gasteiger partial charge < -0.3 is 5.11 Å². The van der Waals surface area contributed by atoms with E-state index in [2.05, 4.69) is 6.92 Å². The van der Waals surface area contributed by atoms with Gasteiger partial charge in [-0.25, -0.2) is 0 Å². The van der Waals surface area contributed by atoms with Crippen molar-refractivity contribution < 1.29 is 9.90 Å². The Morgan fingerprint density at radius 2 is 2.00 bits per heavy atom. The fraction of sp³-hybridized carbons (Fsp3) is 0.800. The van der Waals surface area contributed by atoms with Gasteiger partial charge in [0, 0.05) is 6.42 Å². The summed E-state index contributed by atoms with van der Waals surface area (Å²) in [6.45, 7) is 8.04. The first-order valence-electron chi connectivity index (χ1n) is 6.70. The van der Waals surface area contributed by atoms with Crippen LogP contribution in [0.25, 0.3) is 0 Å². The van der Waals surface area contributed by atoms with Crippen LogP contribution >= 0.6 is 0 Å². The number of allylic oxidation sites excluding steroid dienone is 2. The van der Waals surface area contributed by atoms with Crippen molar-refractivity contribution in [2.75, 3.05) is 0 Å². The molecule has 96 valence electrons. The van der Waals surface area contributed by atoms with Crippen LogP contribution in [0.5, 0.6) is 0 Å². The third-order valence-corrected chi connectivity index (χ3v) is 5.00. The van der Waals surface area contributed by atoms with Crippen LogP contribution in [0.4, 0.5) is 0 Å². The SMILES string of the molecule is CC1=C2C[C@H](C(C)(C)O)CC[C@@]2(C)CCC1=O. The van der Waals surface area contributed by atoms with Gasteiger partial charge in [-0.2, -0.15) is 0 Å². The molecule has 1 saturated carbocycles. The van der Waals surface area contributed by atoms with Crippen LogP contribution in [0.2, 0.25) is 0 Å². The van der Waals surface area contributed by atoms with Crippen LogP contribution in [0.15, 0.2) is 11.1 Å². The number of fused-ring (bicyclic) bond motifs is 1. The second-order valence-corrected chi connectivity index (χ2v) is 6.68. The van der Waals surface area contributed by atoms with E-state index in [1.165, 1.54) is 5.57 Å². The average Bonchev–Trinajstić information content (AvgIpc) is 2.22. The van der Waals surface area contributed by atoms with Gasteiger partial charge in [0.05, 0.1) is 5.60 Å². The monoisotopic (exact) mass is 236 g/mol. The third-order valence-electron chi connectivity index (χ3n) is 5.00. The number of carbonyl (C=O) groups excluding carboxylic acids is 1. The topological polar surface area (TPSA) is 37.3 Å². The zero-order valence-corrected chi connectivity index (χ0v) is 11.5. The molecule has 1 fully saturated rings. The highest BCUT2D eigenvalue weighted by molar-refractivity contribution is 5.96. The summed E-state index contributed by atoms with van der Waals surface area (Å²) in [5.41, 5.74) is 1.90. The number of rotatable bonds is 1. The van der Waals surface area contributed by atoms with Crippen molar-refractivity contribution in [1.29, 1.82) is 0 Å². The number of Topliss-reactive ketones (excluding diaryl/α,β-unsaturated/α-hetero) is 1. The van der Waals surface area contributed by atoms with Crippen molar-refractivity contribution in [2.24, 2.45) is 11.3 Å². The van der Waals surface area contributed by atoms with Gasteiger partial charge in [0.15, 0.2) is 5.78 Å². The van der Waals surface area contributed by atoms with Crippen molar-refractivity contribution in [3.05, 3.63) is 11.1 Å². The molecule has 0 aliphatic heterocycles. The maximum Gasteiger partial charge on any atom is 0.158 e. The fourth-order valence-electron chi connectivity index (χ4n) is 3.47. The highest BCUT2D eigenvalue weighted by Gasteiger charge is 2.43. The smallest absolute Gasteiger partial charge is 0.158 e. The van der Waals surface area contributed by atoms with E-state index in [1.807, 2.05) is 20.8 Å². The summed E-state index contributed by atoms with van der Waals surface area (Å²) in [6.07, 6.45) is 4.79. The normalized spacial score (nSPS) is 34.9. The summed E-state index contributed by atoms with van der Waals surface area (Å²) in [4.78, 5) is 11.8. The zero-order chi connectivity index (χ0) is 12.8. The van der Waals surface area contributed by atoms with Gasteiger partial charge >= 0.3 is 0 Å². The Labute approximate surface area is 104 Å². The first-order valence-corrected chi connectivity index (χ1v) is 6.70. The summed E-state index contributed by atoms with van der Waals surface area (Å²) in [5, 5.41) is 10.2. The molecule has 0 spiro atoms. The number of carbonyl (C=O) groups is 1. The number of hydrogen-bond acceptors (Lipinski definition) is 2. The van der Waals surface area contributed by atoms with E-state index in [4.69, 9.17) is 0 Å². The van der Waals surface area contributed by atoms with Gasteiger partial charge in [-0.15, -0.1) is 0 Å². The largest absolute Gasteiger partial charge is 0.390 e. The van der Waals surface area contributed by atoms with E-state index < -0.39 is 5.60 Å². The Hall–Kier alpha value is -0.630. The molecule has 0 bridgehead atoms. The minimum Gasteiger partial charge on any atom is -0.390 e. The second-order valence-electron chi connectivity index (χ2n) is 6.68. The molecular formula is C15H24O2. The van der Waals surface area contributed by atoms with E-state index in [0.717, 1.165) is 31.3 Å². The van der Waals surface area contributed by atoms with Crippen molar-refractivity contribution in [3.63, 3.8) is 0 Å². The van der Waals surface area contributed by atoms with Crippen LogP contribution in [-0.4, -0.2) is 16.5 Å². The lowest BCUT2D eigenvalue weighted by Crippen LogP contribution is -2.40. The Bertz CT molecular complexity index is 373. The lowest BCUT2D eigenvalue weighted by molar-refractivity contribution is -0.117. The molecule has 2 atom stereocenters. The number of ketones is 1. The summed E-state index contributed by atoms with van der Waals surface area (Å²) in [5.74, 6) is 0.611. The third kappa shape index (κ3) is 2.20. The Morgan fingerprint density at radius 3 is 2.59 bits per heavy atom. The zero-order valence-electron chi connectivity index (χ0n) is 11.5. The summed E-state index contributed by atoms with van der Waals surface area (Å²) in [6, 6.07) is 0. The molecule has 0 amide bonds. The van der Waals surface area contributed by atoms with Crippen LogP contribution in [0.1, 0.15) is 59.8 Å². The molecular weight excluding hydrogens is 212 g/mol. The minimum atomic E-state index is -0.630. The quantitative estimate of drug-likeness (QED) is 0.759. The van der Waals surface area contributed by atoms with Gasteiger partial charge in [0.25, 0.3) is 0 Å². The van der Waals surface area contributed by atoms with Crippen molar-refractivity contribution in [3.8, 4) is 0 Å². The van der Waals surface area contributed by atoms with Crippen LogP contribution in [-0.2, 0) is 4.79 Å². The van der Waals surface area contributed by atoms with Gasteiger partial charge in [-0.05, 0) is 63.4 Å². The first-order chi connectivity index (χ1) is 7.74. The molecule has 1 N–H and O–H groups in total. The molecule has 2 nitrogen and oxygen atoms in total. The lowest BCUT2D eigenvalue weighted by atomic mass is 9.59. The summed E-state index contributed by atoms with van der Waals surface area (Å²) in [7, 11) is 0.